The predicted octanol–water partition coefficient (Wildman–Crippen LogP) is 11.6. The van der Waals surface area contributed by atoms with E-state index in [2.05, 4.69) is 49.7 Å². The molecule has 9 rings (SSSR count). The van der Waals surface area contributed by atoms with Crippen LogP contribution >= 0.6 is 43.9 Å². The number of hydrogen-bond donors (Lipinski definition) is 0. The molecule has 52 heavy (non-hydrogen) atoms. The quantitative estimate of drug-likeness (QED) is 0.147. The number of hydrogen-bond acceptors (Lipinski definition) is 9. The molecule has 1 aromatic heterocycles. The van der Waals surface area contributed by atoms with Crippen LogP contribution in [0.2, 0.25) is 0 Å². The normalized spacial score (nSPS) is 13.8. The predicted molar refractivity (Wildman–Crippen MR) is 213 cm³/mol. The SMILES string of the molecule is Cc1cc(P)c2op(Oc3cccc(OP4Oc5ccccc5O4)c3-c3ccccc3OP3Oc4ccccc4O3)oc3c(C)cc(P)cc3c2c1. The molecule has 0 amide bonds. The number of fused-ring (bicyclic) bond motifs is 5. The Kier molecular flexibility index (Phi) is 8.88. The van der Waals surface area contributed by atoms with Gasteiger partial charge >= 0.3 is 25.4 Å². The number of rotatable bonds is 7. The third-order valence-electron chi connectivity index (χ3n) is 8.23. The van der Waals surface area contributed by atoms with Gasteiger partial charge in [-0.15, -0.1) is 18.5 Å². The molecule has 0 N–H and O–H groups in total. The van der Waals surface area contributed by atoms with Gasteiger partial charge in [0.15, 0.2) is 28.6 Å². The van der Waals surface area contributed by atoms with Crippen molar-refractivity contribution in [2.45, 2.75) is 13.8 Å². The van der Waals surface area contributed by atoms with Crippen molar-refractivity contribution in [2.75, 3.05) is 0 Å². The summed E-state index contributed by atoms with van der Waals surface area (Å²) >= 11 is 0. The van der Waals surface area contributed by atoms with Crippen LogP contribution in [0.25, 0.3) is 33.1 Å². The van der Waals surface area contributed by atoms with Crippen molar-refractivity contribution in [3.05, 3.63) is 126 Å². The molecule has 2 aliphatic heterocycles. The lowest BCUT2D eigenvalue weighted by Gasteiger charge is -2.19. The van der Waals surface area contributed by atoms with Crippen LogP contribution in [-0.2, 0) is 0 Å². The second kappa shape index (κ2) is 13.8. The molecule has 0 saturated carbocycles. The first-order valence-corrected chi connectivity index (χ1v) is 20.5. The van der Waals surface area contributed by atoms with Gasteiger partial charge in [0.1, 0.15) is 22.8 Å². The van der Waals surface area contributed by atoms with E-state index in [9.17, 15) is 0 Å². The average molecular weight is 785 g/mol. The van der Waals surface area contributed by atoms with Gasteiger partial charge in [-0.3, -0.25) is 0 Å². The van der Waals surface area contributed by atoms with Crippen LogP contribution in [0.3, 0.4) is 0 Å². The van der Waals surface area contributed by atoms with Crippen LogP contribution in [0.1, 0.15) is 11.1 Å². The number of para-hydroxylation sites is 5. The molecule has 0 radical (unpaired) electrons. The highest BCUT2D eigenvalue weighted by molar-refractivity contribution is 7.43. The van der Waals surface area contributed by atoms with Crippen LogP contribution < -0.4 is 42.3 Å². The first kappa shape index (κ1) is 33.4. The van der Waals surface area contributed by atoms with Gasteiger partial charge in [-0.1, -0.05) is 48.5 Å². The maximum Gasteiger partial charge on any atom is 0.530 e. The van der Waals surface area contributed by atoms with E-state index in [-0.39, 0.29) is 0 Å². The van der Waals surface area contributed by atoms with Crippen LogP contribution in [0, 0.1) is 13.8 Å². The summed E-state index contributed by atoms with van der Waals surface area (Å²) in [6.07, 6.45) is 0. The van der Waals surface area contributed by atoms with Gasteiger partial charge in [-0.25, -0.2) is 0 Å². The maximum atomic E-state index is 6.79. The summed E-state index contributed by atoms with van der Waals surface area (Å²) in [7, 11) is -0.0875. The molecule has 0 bridgehead atoms. The third kappa shape index (κ3) is 6.43. The van der Waals surface area contributed by atoms with E-state index in [1.165, 1.54) is 0 Å². The van der Waals surface area contributed by atoms with Crippen molar-refractivity contribution in [1.82, 2.24) is 0 Å². The van der Waals surface area contributed by atoms with Gasteiger partial charge in [0.05, 0.1) is 5.56 Å². The molecular weight excluding hydrogens is 755 g/mol. The maximum absolute atomic E-state index is 6.79. The summed E-state index contributed by atoms with van der Waals surface area (Å²) < 4.78 is 57.2. The first-order valence-electron chi connectivity index (χ1n) is 16.1. The van der Waals surface area contributed by atoms with Crippen molar-refractivity contribution in [3.63, 3.8) is 0 Å². The molecule has 0 saturated heterocycles. The summed E-state index contributed by atoms with van der Waals surface area (Å²) in [6, 6.07) is 36.3. The Bertz CT molecular complexity index is 2440. The summed E-state index contributed by atoms with van der Waals surface area (Å²) in [5.74, 6) is 3.82. The fraction of sp³-hybridized carbons (Fsp3) is 0.0526. The lowest BCUT2D eigenvalue weighted by Crippen LogP contribution is -2.00. The van der Waals surface area contributed by atoms with Crippen LogP contribution in [0.4, 0.5) is 0 Å². The fourth-order valence-electron chi connectivity index (χ4n) is 5.99. The molecule has 14 heteroatoms. The van der Waals surface area contributed by atoms with Gasteiger partial charge in [0, 0.05) is 21.6 Å². The minimum Gasteiger partial charge on any atom is -0.408 e. The Morgan fingerprint density at radius 3 is 1.69 bits per heavy atom. The molecule has 0 aliphatic carbocycles. The van der Waals surface area contributed by atoms with Gasteiger partial charge < -0.3 is 40.1 Å². The Morgan fingerprint density at radius 1 is 0.519 bits per heavy atom. The average Bonchev–Trinajstić information content (AvgIpc) is 3.69. The topological polar surface area (TPSA) is 90.9 Å². The van der Waals surface area contributed by atoms with Gasteiger partial charge in [-0.2, -0.15) is 0 Å². The van der Waals surface area contributed by atoms with E-state index in [0.717, 1.165) is 32.5 Å². The van der Waals surface area contributed by atoms with Crippen LogP contribution in [-0.4, -0.2) is 0 Å². The van der Waals surface area contributed by atoms with Gasteiger partial charge in [0.25, 0.3) is 0 Å². The molecular formula is C38H29O9P5. The zero-order valence-corrected chi connectivity index (χ0v) is 32.6. The zero-order chi connectivity index (χ0) is 35.3. The summed E-state index contributed by atoms with van der Waals surface area (Å²) in [5.41, 5.74) is 4.64. The van der Waals surface area contributed by atoms with Gasteiger partial charge in [0.2, 0.25) is 0 Å². The first-order chi connectivity index (χ1) is 25.4. The highest BCUT2D eigenvalue weighted by Gasteiger charge is 2.33. The van der Waals surface area contributed by atoms with E-state index in [4.69, 9.17) is 40.1 Å². The Hall–Kier alpha value is -4.46. The van der Waals surface area contributed by atoms with E-state index >= 15 is 0 Å². The molecule has 2 aliphatic rings. The third-order valence-corrected chi connectivity index (χ3v) is 12.1. The largest absolute Gasteiger partial charge is 0.530 e. The van der Waals surface area contributed by atoms with Crippen LogP contribution in [0.15, 0.2) is 124 Å². The molecule has 3 atom stereocenters. The van der Waals surface area contributed by atoms with Crippen molar-refractivity contribution in [3.8, 4) is 51.4 Å². The van der Waals surface area contributed by atoms with Crippen molar-refractivity contribution < 1.29 is 40.1 Å². The molecule has 6 aromatic carbocycles. The Balaban J connectivity index is 1.18. The number of benzene rings is 6. The molecule has 260 valence electrons. The Morgan fingerprint density at radius 2 is 1.04 bits per heavy atom. The van der Waals surface area contributed by atoms with Crippen molar-refractivity contribution in [1.29, 1.82) is 0 Å². The monoisotopic (exact) mass is 784 g/mol. The lowest BCUT2D eigenvalue weighted by molar-refractivity contribution is 0.430. The van der Waals surface area contributed by atoms with Crippen molar-refractivity contribution in [2.24, 2.45) is 0 Å². The molecule has 0 fully saturated rings. The van der Waals surface area contributed by atoms with E-state index in [0.29, 0.717) is 62.5 Å². The Labute approximate surface area is 307 Å². The highest BCUT2D eigenvalue weighted by atomic mass is 31.2. The second-order valence-electron chi connectivity index (χ2n) is 12.0. The van der Waals surface area contributed by atoms with E-state index in [1.54, 1.807) is 0 Å². The minimum absolute atomic E-state index is 0.429. The van der Waals surface area contributed by atoms with E-state index in [1.807, 2.05) is 97.9 Å². The smallest absolute Gasteiger partial charge is 0.408 e. The molecule has 9 nitrogen and oxygen atoms in total. The van der Waals surface area contributed by atoms with E-state index < -0.39 is 25.4 Å². The molecule has 3 unspecified atom stereocenters. The summed E-state index contributed by atoms with van der Waals surface area (Å²) in [6.45, 7) is 4.08. The number of aryl methyl sites for hydroxylation is 2. The molecule has 7 aromatic rings. The van der Waals surface area contributed by atoms with Crippen LogP contribution in [0.5, 0.6) is 40.2 Å². The van der Waals surface area contributed by atoms with Crippen molar-refractivity contribution >= 4 is 76.5 Å². The fourth-order valence-corrected chi connectivity index (χ4v) is 10.3. The standard InChI is InChI=1S/C38H29O9P5/c1-22-18-26-27-21-24(48)20-23(2)37(27)46-52(47-38(26)35(49)19-22)45-34-17-9-16-33(44-51-42-31-14-7-8-15-32(31)43-51)36(34)25-10-3-4-11-28(25)39-50-40-29-12-5-6-13-30(29)41-50/h3-21H,48-49H2,1-2H3. The molecule has 0 spiro atoms. The second-order valence-corrected chi connectivity index (χ2v) is 16.2. The highest BCUT2D eigenvalue weighted by Crippen LogP contribution is 2.58. The minimum atomic E-state index is -2.04. The zero-order valence-electron chi connectivity index (χ0n) is 27.6. The summed E-state index contributed by atoms with van der Waals surface area (Å²) in [5, 5.41) is 3.78. The lowest BCUT2D eigenvalue weighted by atomic mass is 10.0. The van der Waals surface area contributed by atoms with Gasteiger partial charge in [-0.05, 0) is 97.0 Å². The molecule has 3 heterocycles. The summed E-state index contributed by atoms with van der Waals surface area (Å²) in [4.78, 5) is 0.